The van der Waals surface area contributed by atoms with Crippen LogP contribution >= 0.6 is 0 Å². The minimum Gasteiger partial charge on any atom is -0.504 e. The van der Waals surface area contributed by atoms with Gasteiger partial charge in [-0.05, 0) is 24.3 Å². The first-order valence-corrected chi connectivity index (χ1v) is 7.68. The molecule has 0 amide bonds. The molecule has 2 aromatic carbocycles. The Hall–Kier alpha value is -3.88. The molecule has 9 nitrogen and oxygen atoms in total. The quantitative estimate of drug-likeness (QED) is 0.508. The van der Waals surface area contributed by atoms with E-state index in [0.717, 1.165) is 5.56 Å². The van der Waals surface area contributed by atoms with E-state index in [0.29, 0.717) is 33.9 Å². The van der Waals surface area contributed by atoms with E-state index in [2.05, 4.69) is 20.3 Å². The van der Waals surface area contributed by atoms with E-state index in [1.54, 1.807) is 35.1 Å². The Labute approximate surface area is 147 Å². The fourth-order valence-electron chi connectivity index (χ4n) is 2.67. The summed E-state index contributed by atoms with van der Waals surface area (Å²) < 4.78 is 6.60. The lowest BCUT2D eigenvalue weighted by atomic mass is 10.1. The molecule has 0 saturated heterocycles. The van der Waals surface area contributed by atoms with Gasteiger partial charge in [-0.2, -0.15) is 4.98 Å². The monoisotopic (exact) mass is 349 g/mol. The van der Waals surface area contributed by atoms with Crippen LogP contribution in [-0.4, -0.2) is 37.2 Å². The Bertz CT molecular complexity index is 1120. The molecule has 0 aliphatic heterocycles. The largest absolute Gasteiger partial charge is 0.504 e. The van der Waals surface area contributed by atoms with Crippen molar-refractivity contribution >= 4 is 22.7 Å². The van der Waals surface area contributed by atoms with Gasteiger partial charge in [0.1, 0.15) is 11.5 Å². The first-order chi connectivity index (χ1) is 12.5. The third-order valence-corrected chi connectivity index (χ3v) is 3.96. The number of phenolic OH excluding ortho intramolecular Hbond substituents is 1. The SMILES string of the molecule is COc1ccc(-n2cc(-c3ccc4nc(N)nc(N)c4c3)nn2)cc1O. The van der Waals surface area contributed by atoms with Crippen LogP contribution < -0.4 is 16.2 Å². The van der Waals surface area contributed by atoms with Gasteiger partial charge in [0, 0.05) is 17.0 Å². The average Bonchev–Trinajstić information content (AvgIpc) is 3.11. The lowest BCUT2D eigenvalue weighted by Gasteiger charge is -2.05. The normalized spacial score (nSPS) is 11.0. The number of nitrogen functional groups attached to an aromatic ring is 2. The molecular weight excluding hydrogens is 334 g/mol. The summed E-state index contributed by atoms with van der Waals surface area (Å²) in [7, 11) is 1.49. The summed E-state index contributed by atoms with van der Waals surface area (Å²) in [5.74, 6) is 0.850. The molecule has 130 valence electrons. The van der Waals surface area contributed by atoms with E-state index >= 15 is 0 Å². The van der Waals surface area contributed by atoms with Gasteiger partial charge in [0.05, 0.1) is 24.5 Å². The number of rotatable bonds is 3. The lowest BCUT2D eigenvalue weighted by molar-refractivity contribution is 0.373. The second-order valence-corrected chi connectivity index (χ2v) is 5.60. The molecule has 26 heavy (non-hydrogen) atoms. The maximum Gasteiger partial charge on any atom is 0.222 e. The number of benzene rings is 2. The van der Waals surface area contributed by atoms with E-state index in [-0.39, 0.29) is 11.7 Å². The van der Waals surface area contributed by atoms with Crippen LogP contribution in [0.3, 0.4) is 0 Å². The van der Waals surface area contributed by atoms with Crippen LogP contribution in [0.5, 0.6) is 11.5 Å². The van der Waals surface area contributed by atoms with Gasteiger partial charge in [-0.3, -0.25) is 0 Å². The topological polar surface area (TPSA) is 138 Å². The summed E-state index contributed by atoms with van der Waals surface area (Å²) in [6.45, 7) is 0. The van der Waals surface area contributed by atoms with Gasteiger partial charge in [-0.1, -0.05) is 11.3 Å². The van der Waals surface area contributed by atoms with E-state index in [1.165, 1.54) is 7.11 Å². The van der Waals surface area contributed by atoms with E-state index in [4.69, 9.17) is 16.2 Å². The zero-order chi connectivity index (χ0) is 18.3. The van der Waals surface area contributed by atoms with Crippen LogP contribution in [0.15, 0.2) is 42.6 Å². The van der Waals surface area contributed by atoms with Crippen molar-refractivity contribution in [3.63, 3.8) is 0 Å². The molecule has 0 saturated carbocycles. The lowest BCUT2D eigenvalue weighted by Crippen LogP contribution is -2.00. The third kappa shape index (κ3) is 2.61. The molecule has 2 heterocycles. The summed E-state index contributed by atoms with van der Waals surface area (Å²) in [5.41, 5.74) is 14.3. The molecule has 2 aromatic heterocycles. The molecule has 4 aromatic rings. The number of methoxy groups -OCH3 is 1. The highest BCUT2D eigenvalue weighted by molar-refractivity contribution is 5.92. The number of phenols is 1. The van der Waals surface area contributed by atoms with Crippen LogP contribution in [-0.2, 0) is 0 Å². The van der Waals surface area contributed by atoms with E-state index in [9.17, 15) is 5.11 Å². The molecule has 9 heteroatoms. The predicted molar refractivity (Wildman–Crippen MR) is 96.9 cm³/mol. The summed E-state index contributed by atoms with van der Waals surface area (Å²) in [6.07, 6.45) is 1.75. The Morgan fingerprint density at radius 3 is 2.69 bits per heavy atom. The molecule has 5 N–H and O–H groups in total. The second kappa shape index (κ2) is 5.88. The highest BCUT2D eigenvalue weighted by Crippen LogP contribution is 2.29. The fraction of sp³-hybridized carbons (Fsp3) is 0.0588. The van der Waals surface area contributed by atoms with Crippen molar-refractivity contribution in [1.82, 2.24) is 25.0 Å². The van der Waals surface area contributed by atoms with Crippen LogP contribution in [0, 0.1) is 0 Å². The van der Waals surface area contributed by atoms with Crippen molar-refractivity contribution < 1.29 is 9.84 Å². The van der Waals surface area contributed by atoms with E-state index in [1.807, 2.05) is 12.1 Å². The molecular formula is C17H15N7O2. The Morgan fingerprint density at radius 2 is 1.92 bits per heavy atom. The number of aromatic nitrogens is 5. The standard InChI is InChI=1S/C17H15N7O2/c1-26-15-5-3-10(7-14(15)25)24-8-13(22-23-24)9-2-4-12-11(6-9)16(18)21-17(19)20-12/h2-8,25H,1H3,(H4,18,19,20,21). The van der Waals surface area contributed by atoms with Gasteiger partial charge < -0.3 is 21.3 Å². The fourth-order valence-corrected chi connectivity index (χ4v) is 2.67. The molecule has 0 fully saturated rings. The number of fused-ring (bicyclic) bond motifs is 1. The van der Waals surface area contributed by atoms with Crippen molar-refractivity contribution in [1.29, 1.82) is 0 Å². The van der Waals surface area contributed by atoms with Crippen LogP contribution in [0.1, 0.15) is 0 Å². The number of hydrogen-bond donors (Lipinski definition) is 3. The first-order valence-electron chi connectivity index (χ1n) is 7.68. The summed E-state index contributed by atoms with van der Waals surface area (Å²) in [5, 5.41) is 18.9. The minimum absolute atomic E-state index is 0.0234. The summed E-state index contributed by atoms with van der Waals surface area (Å²) in [4.78, 5) is 8.13. The molecule has 0 atom stereocenters. The van der Waals surface area contributed by atoms with E-state index < -0.39 is 0 Å². The summed E-state index contributed by atoms with van der Waals surface area (Å²) >= 11 is 0. The average molecular weight is 349 g/mol. The number of nitrogens with two attached hydrogens (primary N) is 2. The third-order valence-electron chi connectivity index (χ3n) is 3.96. The Morgan fingerprint density at radius 1 is 1.08 bits per heavy atom. The molecule has 0 bridgehead atoms. The Kier molecular flexibility index (Phi) is 3.54. The van der Waals surface area contributed by atoms with Gasteiger partial charge in [-0.15, -0.1) is 5.10 Å². The zero-order valence-corrected chi connectivity index (χ0v) is 13.8. The van der Waals surface area contributed by atoms with Crippen LogP contribution in [0.4, 0.5) is 11.8 Å². The maximum absolute atomic E-state index is 9.92. The molecule has 0 unspecified atom stereocenters. The highest BCUT2D eigenvalue weighted by Gasteiger charge is 2.10. The van der Waals surface area contributed by atoms with Crippen LogP contribution in [0.25, 0.3) is 27.8 Å². The zero-order valence-electron chi connectivity index (χ0n) is 13.8. The van der Waals surface area contributed by atoms with Gasteiger partial charge in [0.15, 0.2) is 11.5 Å². The predicted octanol–water partition coefficient (Wildman–Crippen LogP) is 1.76. The van der Waals surface area contributed by atoms with Crippen molar-refractivity contribution in [2.45, 2.75) is 0 Å². The molecule has 4 rings (SSSR count). The van der Waals surface area contributed by atoms with Gasteiger partial charge in [-0.25, -0.2) is 9.67 Å². The molecule has 0 aliphatic rings. The maximum atomic E-state index is 9.92. The van der Waals surface area contributed by atoms with Crippen molar-refractivity contribution in [3.05, 3.63) is 42.6 Å². The highest BCUT2D eigenvalue weighted by atomic mass is 16.5. The number of hydrogen-bond acceptors (Lipinski definition) is 8. The molecule has 0 aliphatic carbocycles. The molecule has 0 radical (unpaired) electrons. The first kappa shape index (κ1) is 15.6. The van der Waals surface area contributed by atoms with Gasteiger partial charge in [0.2, 0.25) is 5.95 Å². The van der Waals surface area contributed by atoms with Gasteiger partial charge >= 0.3 is 0 Å². The minimum atomic E-state index is 0.0234. The van der Waals surface area contributed by atoms with Crippen molar-refractivity contribution in [2.24, 2.45) is 0 Å². The van der Waals surface area contributed by atoms with Gasteiger partial charge in [0.25, 0.3) is 0 Å². The number of nitrogens with zero attached hydrogens (tertiary/aromatic N) is 5. The second-order valence-electron chi connectivity index (χ2n) is 5.60. The van der Waals surface area contributed by atoms with Crippen LogP contribution in [0.2, 0.25) is 0 Å². The number of ether oxygens (including phenoxy) is 1. The Balaban J connectivity index is 1.74. The number of aromatic hydroxyl groups is 1. The van der Waals surface area contributed by atoms with Crippen molar-refractivity contribution in [3.8, 4) is 28.4 Å². The summed E-state index contributed by atoms with van der Waals surface area (Å²) in [6, 6.07) is 10.5. The molecule has 0 spiro atoms. The number of anilines is 2. The smallest absolute Gasteiger partial charge is 0.222 e. The van der Waals surface area contributed by atoms with Crippen molar-refractivity contribution in [2.75, 3.05) is 18.6 Å².